The number of phenols is 1. The minimum Gasteiger partial charge on any atom is -0.504 e. The van der Waals surface area contributed by atoms with E-state index >= 15 is 0 Å². The highest BCUT2D eigenvalue weighted by Gasteiger charge is 2.06. The molecule has 2 aromatic carbocycles. The number of hydrogen-bond donors (Lipinski definition) is 3. The topological polar surface area (TPSA) is 65.9 Å². The zero-order chi connectivity index (χ0) is 18.6. The third kappa shape index (κ3) is 6.52. The number of phenolic OH excluding ortho intramolecular Hbond substituents is 1. The van der Waals surface area contributed by atoms with Gasteiger partial charge in [0, 0.05) is 30.3 Å². The summed E-state index contributed by atoms with van der Waals surface area (Å²) in [5.74, 6) is 2.45. The lowest BCUT2D eigenvalue weighted by Crippen LogP contribution is -2.38. The summed E-state index contributed by atoms with van der Waals surface area (Å²) < 4.78 is 5.14. The largest absolute Gasteiger partial charge is 0.504 e. The van der Waals surface area contributed by atoms with Gasteiger partial charge in [-0.1, -0.05) is 30.3 Å². The second kappa shape index (κ2) is 11.3. The van der Waals surface area contributed by atoms with Crippen molar-refractivity contribution in [1.82, 2.24) is 10.6 Å². The number of nitrogens with one attached hydrogen (secondary N) is 2. The van der Waals surface area contributed by atoms with Gasteiger partial charge in [-0.3, -0.25) is 4.99 Å². The smallest absolute Gasteiger partial charge is 0.191 e. The van der Waals surface area contributed by atoms with Gasteiger partial charge in [0.15, 0.2) is 17.5 Å². The molecule has 0 aromatic heterocycles. The third-order valence-corrected chi connectivity index (χ3v) is 4.72. The van der Waals surface area contributed by atoms with E-state index in [2.05, 4.69) is 39.9 Å². The minimum atomic E-state index is 0.197. The molecule has 6 heteroatoms. The van der Waals surface area contributed by atoms with Crippen LogP contribution in [-0.2, 0) is 6.42 Å². The molecule has 0 spiro atoms. The van der Waals surface area contributed by atoms with Crippen molar-refractivity contribution >= 4 is 17.7 Å². The molecule has 0 saturated heterocycles. The quantitative estimate of drug-likeness (QED) is 0.272. The fraction of sp³-hybridized carbons (Fsp3) is 0.350. The first-order chi connectivity index (χ1) is 12.7. The van der Waals surface area contributed by atoms with Crippen LogP contribution in [-0.4, -0.2) is 43.6 Å². The Hall–Kier alpha value is -2.34. The van der Waals surface area contributed by atoms with Crippen LogP contribution in [0.2, 0.25) is 0 Å². The van der Waals surface area contributed by atoms with Crippen molar-refractivity contribution in [2.45, 2.75) is 18.2 Å². The second-order valence-electron chi connectivity index (χ2n) is 5.57. The van der Waals surface area contributed by atoms with Gasteiger partial charge < -0.3 is 20.5 Å². The van der Waals surface area contributed by atoms with E-state index in [4.69, 9.17) is 4.74 Å². The van der Waals surface area contributed by atoms with E-state index in [1.807, 2.05) is 36.9 Å². The summed E-state index contributed by atoms with van der Waals surface area (Å²) in [6.07, 6.45) is 0.651. The monoisotopic (exact) mass is 373 g/mol. The number of ether oxygens (including phenoxy) is 1. The summed E-state index contributed by atoms with van der Waals surface area (Å²) in [4.78, 5) is 5.85. The highest BCUT2D eigenvalue weighted by molar-refractivity contribution is 7.99. The van der Waals surface area contributed by atoms with Gasteiger partial charge in [0.2, 0.25) is 0 Å². The van der Waals surface area contributed by atoms with Crippen LogP contribution in [0, 0.1) is 0 Å². The van der Waals surface area contributed by atoms with E-state index in [0.29, 0.717) is 18.7 Å². The molecule has 0 bridgehead atoms. The molecule has 2 aromatic rings. The molecule has 0 radical (unpaired) electrons. The number of hydrogen-bond acceptors (Lipinski definition) is 4. The number of guanidine groups is 1. The van der Waals surface area contributed by atoms with Crippen molar-refractivity contribution in [3.8, 4) is 11.5 Å². The number of para-hydroxylation sites is 1. The molecule has 5 nitrogen and oxygen atoms in total. The minimum absolute atomic E-state index is 0.197. The fourth-order valence-electron chi connectivity index (χ4n) is 2.42. The maximum absolute atomic E-state index is 10.1. The molecule has 0 aliphatic rings. The van der Waals surface area contributed by atoms with Crippen LogP contribution in [0.4, 0.5) is 0 Å². The van der Waals surface area contributed by atoms with Gasteiger partial charge in [0.05, 0.1) is 7.11 Å². The lowest BCUT2D eigenvalue weighted by Gasteiger charge is -2.12. The summed E-state index contributed by atoms with van der Waals surface area (Å²) in [7, 11) is 1.55. The molecule has 3 N–H and O–H groups in total. The molecule has 140 valence electrons. The number of rotatable bonds is 9. The predicted octanol–water partition coefficient (Wildman–Crippen LogP) is 3.29. The Labute approximate surface area is 159 Å². The Morgan fingerprint density at radius 3 is 2.65 bits per heavy atom. The maximum atomic E-state index is 10.1. The first kappa shape index (κ1) is 20.0. The van der Waals surface area contributed by atoms with Crippen molar-refractivity contribution < 1.29 is 9.84 Å². The van der Waals surface area contributed by atoms with Crippen LogP contribution in [0.15, 0.2) is 58.4 Å². The molecule has 0 amide bonds. The van der Waals surface area contributed by atoms with Crippen molar-refractivity contribution in [3.63, 3.8) is 0 Å². The molecule has 0 aliphatic carbocycles. The molecule has 0 heterocycles. The van der Waals surface area contributed by atoms with Crippen molar-refractivity contribution in [2.75, 3.05) is 32.5 Å². The second-order valence-corrected chi connectivity index (χ2v) is 6.74. The number of nitrogens with zero attached hydrogens (tertiary/aromatic N) is 1. The fourth-order valence-corrected chi connectivity index (χ4v) is 3.21. The third-order valence-electron chi connectivity index (χ3n) is 3.70. The number of thioether (sulfide) groups is 1. The van der Waals surface area contributed by atoms with Crippen LogP contribution >= 0.6 is 11.8 Å². The van der Waals surface area contributed by atoms with Gasteiger partial charge >= 0.3 is 0 Å². The lowest BCUT2D eigenvalue weighted by molar-refractivity contribution is 0.370. The normalized spacial score (nSPS) is 11.2. The zero-order valence-electron chi connectivity index (χ0n) is 15.4. The summed E-state index contributed by atoms with van der Waals surface area (Å²) in [6.45, 7) is 4.27. The SMILES string of the molecule is CCNC(=NCCc1cccc(OC)c1O)NCCSc1ccccc1. The maximum Gasteiger partial charge on any atom is 0.191 e. The number of benzene rings is 2. The summed E-state index contributed by atoms with van der Waals surface area (Å²) in [5.41, 5.74) is 0.837. The molecule has 0 unspecified atom stereocenters. The van der Waals surface area contributed by atoms with Crippen LogP contribution < -0.4 is 15.4 Å². The highest BCUT2D eigenvalue weighted by atomic mass is 32.2. The zero-order valence-corrected chi connectivity index (χ0v) is 16.2. The van der Waals surface area contributed by atoms with E-state index < -0.39 is 0 Å². The number of methoxy groups -OCH3 is 1. The van der Waals surface area contributed by atoms with Crippen LogP contribution in [0.25, 0.3) is 0 Å². The molecular weight excluding hydrogens is 346 g/mol. The molecule has 2 rings (SSSR count). The predicted molar refractivity (Wildman–Crippen MR) is 110 cm³/mol. The summed E-state index contributed by atoms with van der Waals surface area (Å²) >= 11 is 1.82. The standard InChI is InChI=1S/C20H27N3O2S/c1-3-21-20(23-14-15-26-17-9-5-4-6-10-17)22-13-12-16-8-7-11-18(25-2)19(16)24/h4-11,24H,3,12-15H2,1-2H3,(H2,21,22,23). The van der Waals surface area contributed by atoms with Gasteiger partial charge in [0.1, 0.15) is 0 Å². The van der Waals surface area contributed by atoms with Crippen molar-refractivity contribution in [1.29, 1.82) is 0 Å². The van der Waals surface area contributed by atoms with Crippen molar-refractivity contribution in [3.05, 3.63) is 54.1 Å². The molecular formula is C20H27N3O2S. The van der Waals surface area contributed by atoms with Crippen LogP contribution in [0.5, 0.6) is 11.5 Å². The Bertz CT molecular complexity index is 693. The Morgan fingerprint density at radius 2 is 1.92 bits per heavy atom. The summed E-state index contributed by atoms with van der Waals surface area (Å²) in [6, 6.07) is 15.9. The van der Waals surface area contributed by atoms with E-state index in [1.54, 1.807) is 13.2 Å². The Balaban J connectivity index is 1.80. The molecule has 0 aliphatic heterocycles. The molecule has 26 heavy (non-hydrogen) atoms. The first-order valence-electron chi connectivity index (χ1n) is 8.79. The van der Waals surface area contributed by atoms with E-state index in [9.17, 15) is 5.11 Å². The molecule has 0 atom stereocenters. The van der Waals surface area contributed by atoms with Crippen molar-refractivity contribution in [2.24, 2.45) is 4.99 Å². The van der Waals surface area contributed by atoms with Gasteiger partial charge in [0.25, 0.3) is 0 Å². The van der Waals surface area contributed by atoms with Gasteiger partial charge in [-0.05, 0) is 37.1 Å². The average Bonchev–Trinajstić information content (AvgIpc) is 2.67. The Morgan fingerprint density at radius 1 is 1.12 bits per heavy atom. The van der Waals surface area contributed by atoms with Gasteiger partial charge in [-0.25, -0.2) is 0 Å². The van der Waals surface area contributed by atoms with Gasteiger partial charge in [-0.2, -0.15) is 0 Å². The van der Waals surface area contributed by atoms with E-state index in [0.717, 1.165) is 30.4 Å². The van der Waals surface area contributed by atoms with Crippen LogP contribution in [0.1, 0.15) is 12.5 Å². The van der Waals surface area contributed by atoms with E-state index in [-0.39, 0.29) is 5.75 Å². The van der Waals surface area contributed by atoms with Gasteiger partial charge in [-0.15, -0.1) is 11.8 Å². The highest BCUT2D eigenvalue weighted by Crippen LogP contribution is 2.29. The number of aliphatic imine (C=N–C) groups is 1. The molecule has 0 saturated carbocycles. The van der Waals surface area contributed by atoms with Crippen LogP contribution in [0.3, 0.4) is 0 Å². The molecule has 0 fully saturated rings. The lowest BCUT2D eigenvalue weighted by atomic mass is 10.1. The first-order valence-corrected chi connectivity index (χ1v) is 9.78. The summed E-state index contributed by atoms with van der Waals surface area (Å²) in [5, 5.41) is 16.7. The number of aromatic hydroxyl groups is 1. The van der Waals surface area contributed by atoms with E-state index in [1.165, 1.54) is 4.90 Å². The Kier molecular flexibility index (Phi) is 8.69. The average molecular weight is 374 g/mol.